The van der Waals surface area contributed by atoms with Gasteiger partial charge in [0.1, 0.15) is 0 Å². The van der Waals surface area contributed by atoms with Crippen LogP contribution in [0.4, 0.5) is 17.1 Å². The van der Waals surface area contributed by atoms with Gasteiger partial charge >= 0.3 is 0 Å². The fraction of sp³-hybridized carbons (Fsp3) is 0.318. The van der Waals surface area contributed by atoms with Crippen LogP contribution in [0.15, 0.2) is 48.5 Å². The minimum atomic E-state index is -0.212. The van der Waals surface area contributed by atoms with Gasteiger partial charge in [-0.3, -0.25) is 14.4 Å². The second-order valence-electron chi connectivity index (χ2n) is 7.30. The van der Waals surface area contributed by atoms with Gasteiger partial charge in [0.05, 0.1) is 11.4 Å². The zero-order valence-electron chi connectivity index (χ0n) is 15.6. The molecule has 1 saturated heterocycles. The van der Waals surface area contributed by atoms with Crippen LogP contribution in [0.2, 0.25) is 0 Å². The third-order valence-corrected chi connectivity index (χ3v) is 5.37. The van der Waals surface area contributed by atoms with Crippen molar-refractivity contribution >= 4 is 34.8 Å². The molecule has 4 rings (SSSR count). The Bertz CT molecular complexity index is 925. The smallest absolute Gasteiger partial charge is 0.227 e. The van der Waals surface area contributed by atoms with Crippen LogP contribution in [0.3, 0.4) is 0 Å². The molecule has 0 unspecified atom stereocenters. The molecule has 0 aliphatic carbocycles. The zero-order valence-corrected chi connectivity index (χ0v) is 15.6. The van der Waals surface area contributed by atoms with Crippen LogP contribution in [0.25, 0.3) is 0 Å². The summed E-state index contributed by atoms with van der Waals surface area (Å²) in [6.07, 6.45) is 2.76. The molecule has 1 atom stereocenters. The van der Waals surface area contributed by atoms with Crippen molar-refractivity contribution in [1.82, 2.24) is 0 Å². The van der Waals surface area contributed by atoms with Gasteiger partial charge in [-0.1, -0.05) is 30.3 Å². The van der Waals surface area contributed by atoms with E-state index in [2.05, 4.69) is 10.6 Å². The summed E-state index contributed by atoms with van der Waals surface area (Å²) in [5, 5.41) is 5.84. The maximum absolute atomic E-state index is 12.5. The lowest BCUT2D eigenvalue weighted by Gasteiger charge is -2.24. The average Bonchev–Trinajstić information content (AvgIpc) is 3.12. The number of carbonyl (C=O) groups is 3. The Labute approximate surface area is 163 Å². The second-order valence-corrected chi connectivity index (χ2v) is 7.30. The Hall–Kier alpha value is -3.15. The summed E-state index contributed by atoms with van der Waals surface area (Å²) in [6.45, 7) is 0.674. The van der Waals surface area contributed by atoms with E-state index in [1.54, 1.807) is 4.90 Å². The molecule has 2 aromatic carbocycles. The topological polar surface area (TPSA) is 78.5 Å². The standard InChI is InChI=1S/C22H23N3O3/c26-20(12-11-16-14-15-6-1-2-7-17(15)24-22(16)28)23-18-8-3-4-9-19(18)25-13-5-10-21(25)27/h1-4,6-9,16H,5,10-14H2,(H,23,26)(H,24,28)/t16-/m0/s1. The van der Waals surface area contributed by atoms with Gasteiger partial charge in [-0.05, 0) is 43.0 Å². The third-order valence-electron chi connectivity index (χ3n) is 5.37. The first kappa shape index (κ1) is 18.2. The lowest BCUT2D eigenvalue weighted by molar-refractivity contribution is -0.121. The molecule has 28 heavy (non-hydrogen) atoms. The van der Waals surface area contributed by atoms with E-state index in [1.165, 1.54) is 0 Å². The van der Waals surface area contributed by atoms with Gasteiger partial charge in [-0.2, -0.15) is 0 Å². The number of para-hydroxylation sites is 3. The lowest BCUT2D eigenvalue weighted by Crippen LogP contribution is -2.31. The van der Waals surface area contributed by atoms with Crippen molar-refractivity contribution in [3.05, 3.63) is 54.1 Å². The van der Waals surface area contributed by atoms with Gasteiger partial charge in [-0.25, -0.2) is 0 Å². The number of benzene rings is 2. The van der Waals surface area contributed by atoms with E-state index in [1.807, 2.05) is 48.5 Å². The summed E-state index contributed by atoms with van der Waals surface area (Å²) in [7, 11) is 0. The first-order valence-corrected chi connectivity index (χ1v) is 9.70. The lowest BCUT2D eigenvalue weighted by atomic mass is 9.89. The summed E-state index contributed by atoms with van der Waals surface area (Å²) in [5.74, 6) is -0.310. The number of nitrogens with one attached hydrogen (secondary N) is 2. The van der Waals surface area contributed by atoms with Crippen LogP contribution in [0.5, 0.6) is 0 Å². The molecule has 0 bridgehead atoms. The van der Waals surface area contributed by atoms with Gasteiger partial charge in [0.15, 0.2) is 0 Å². The minimum Gasteiger partial charge on any atom is -0.326 e. The molecule has 2 aliphatic heterocycles. The first-order chi connectivity index (χ1) is 13.6. The van der Waals surface area contributed by atoms with Crippen LogP contribution >= 0.6 is 0 Å². The quantitative estimate of drug-likeness (QED) is 0.839. The largest absolute Gasteiger partial charge is 0.326 e. The van der Waals surface area contributed by atoms with Crippen molar-refractivity contribution in [2.24, 2.45) is 5.92 Å². The van der Waals surface area contributed by atoms with Crippen molar-refractivity contribution < 1.29 is 14.4 Å². The molecule has 2 aromatic rings. The van der Waals surface area contributed by atoms with Crippen LogP contribution in [0.1, 0.15) is 31.2 Å². The number of fused-ring (bicyclic) bond motifs is 1. The van der Waals surface area contributed by atoms with Gasteiger partial charge in [0, 0.05) is 31.0 Å². The predicted molar refractivity (Wildman–Crippen MR) is 108 cm³/mol. The number of amides is 3. The summed E-state index contributed by atoms with van der Waals surface area (Å²) in [4.78, 5) is 38.6. The maximum atomic E-state index is 12.5. The minimum absolute atomic E-state index is 0.0328. The summed E-state index contributed by atoms with van der Waals surface area (Å²) in [5.41, 5.74) is 3.34. The van der Waals surface area contributed by atoms with Gasteiger partial charge < -0.3 is 15.5 Å². The molecular weight excluding hydrogens is 354 g/mol. The van der Waals surface area contributed by atoms with Crippen molar-refractivity contribution in [3.8, 4) is 0 Å². The molecule has 0 saturated carbocycles. The SMILES string of the molecule is O=C(CC[C@H]1Cc2ccccc2NC1=O)Nc1ccccc1N1CCCC1=O. The number of nitrogens with zero attached hydrogens (tertiary/aromatic N) is 1. The van der Waals surface area contributed by atoms with Gasteiger partial charge in [-0.15, -0.1) is 0 Å². The molecule has 144 valence electrons. The highest BCUT2D eigenvalue weighted by molar-refractivity contribution is 6.02. The number of hydrogen-bond acceptors (Lipinski definition) is 3. The Balaban J connectivity index is 1.38. The molecule has 1 fully saturated rings. The van der Waals surface area contributed by atoms with E-state index in [9.17, 15) is 14.4 Å². The van der Waals surface area contributed by atoms with Crippen molar-refractivity contribution in [1.29, 1.82) is 0 Å². The predicted octanol–water partition coefficient (Wildman–Crippen LogP) is 3.34. The van der Waals surface area contributed by atoms with Gasteiger partial charge in [0.25, 0.3) is 0 Å². The number of rotatable bonds is 5. The van der Waals surface area contributed by atoms with Crippen molar-refractivity contribution in [3.63, 3.8) is 0 Å². The highest BCUT2D eigenvalue weighted by Crippen LogP contribution is 2.30. The zero-order chi connectivity index (χ0) is 19.5. The maximum Gasteiger partial charge on any atom is 0.227 e. The van der Waals surface area contributed by atoms with Crippen molar-refractivity contribution in [2.45, 2.75) is 32.1 Å². The van der Waals surface area contributed by atoms with E-state index < -0.39 is 0 Å². The van der Waals surface area contributed by atoms with Crippen LogP contribution < -0.4 is 15.5 Å². The molecular formula is C22H23N3O3. The van der Waals surface area contributed by atoms with E-state index in [-0.39, 0.29) is 30.1 Å². The van der Waals surface area contributed by atoms with E-state index in [0.717, 1.165) is 23.4 Å². The fourth-order valence-electron chi connectivity index (χ4n) is 3.88. The van der Waals surface area contributed by atoms with E-state index >= 15 is 0 Å². The number of hydrogen-bond donors (Lipinski definition) is 2. The highest BCUT2D eigenvalue weighted by Gasteiger charge is 2.27. The Morgan fingerprint density at radius 2 is 1.89 bits per heavy atom. The first-order valence-electron chi connectivity index (χ1n) is 9.70. The Morgan fingerprint density at radius 3 is 2.71 bits per heavy atom. The van der Waals surface area contributed by atoms with Crippen LogP contribution in [-0.2, 0) is 20.8 Å². The molecule has 6 heteroatoms. The Kier molecular flexibility index (Phi) is 5.10. The van der Waals surface area contributed by atoms with Crippen LogP contribution in [0, 0.1) is 5.92 Å². The number of carbonyl (C=O) groups excluding carboxylic acids is 3. The molecule has 0 spiro atoms. The summed E-state index contributed by atoms with van der Waals surface area (Å²) >= 11 is 0. The van der Waals surface area contributed by atoms with Gasteiger partial charge in [0.2, 0.25) is 17.7 Å². The normalized spacial score (nSPS) is 18.6. The molecule has 2 aliphatic rings. The highest BCUT2D eigenvalue weighted by atomic mass is 16.2. The summed E-state index contributed by atoms with van der Waals surface area (Å²) in [6, 6.07) is 15.1. The molecule has 2 heterocycles. The Morgan fingerprint density at radius 1 is 1.11 bits per heavy atom. The molecule has 3 amide bonds. The molecule has 2 N–H and O–H groups in total. The van der Waals surface area contributed by atoms with Crippen LogP contribution in [-0.4, -0.2) is 24.3 Å². The molecule has 0 radical (unpaired) electrons. The molecule has 0 aromatic heterocycles. The second kappa shape index (κ2) is 7.84. The third kappa shape index (κ3) is 3.76. The fourth-order valence-corrected chi connectivity index (χ4v) is 3.88. The number of anilines is 3. The van der Waals surface area contributed by atoms with E-state index in [0.29, 0.717) is 31.5 Å². The van der Waals surface area contributed by atoms with E-state index in [4.69, 9.17) is 0 Å². The molecule has 6 nitrogen and oxygen atoms in total. The summed E-state index contributed by atoms with van der Waals surface area (Å²) < 4.78 is 0. The average molecular weight is 377 g/mol. The monoisotopic (exact) mass is 377 g/mol. The van der Waals surface area contributed by atoms with Crippen molar-refractivity contribution in [2.75, 3.05) is 22.1 Å².